The number of halogens is 1. The van der Waals surface area contributed by atoms with Crippen LogP contribution >= 0.6 is 0 Å². The summed E-state index contributed by atoms with van der Waals surface area (Å²) in [5.74, 6) is -0.168. The third kappa shape index (κ3) is 3.50. The molecule has 1 aromatic rings. The van der Waals surface area contributed by atoms with Crippen LogP contribution in [0.4, 0.5) is 15.8 Å². The Bertz CT molecular complexity index is 451. The molecule has 1 saturated heterocycles. The second-order valence-electron chi connectivity index (χ2n) is 5.43. The van der Waals surface area contributed by atoms with Gasteiger partial charge >= 0.3 is 0 Å². The van der Waals surface area contributed by atoms with Gasteiger partial charge in [0.25, 0.3) is 0 Å². The quantitative estimate of drug-likeness (QED) is 0.822. The first-order chi connectivity index (χ1) is 8.95. The van der Waals surface area contributed by atoms with Crippen molar-refractivity contribution in [3.05, 3.63) is 17.9 Å². The van der Waals surface area contributed by atoms with E-state index in [4.69, 9.17) is 10.5 Å². The Labute approximate surface area is 113 Å². The zero-order valence-corrected chi connectivity index (χ0v) is 11.7. The van der Waals surface area contributed by atoms with Gasteiger partial charge in [0, 0.05) is 24.7 Å². The fourth-order valence-corrected chi connectivity index (χ4v) is 2.31. The van der Waals surface area contributed by atoms with Crippen LogP contribution in [0.2, 0.25) is 0 Å². The molecular weight excluding hydrogens is 245 g/mol. The van der Waals surface area contributed by atoms with E-state index in [1.54, 1.807) is 6.07 Å². The number of anilines is 2. The highest BCUT2D eigenvalue weighted by Gasteiger charge is 2.20. The second-order valence-corrected chi connectivity index (χ2v) is 5.43. The average Bonchev–Trinajstić information content (AvgIpc) is 2.70. The lowest BCUT2D eigenvalue weighted by molar-refractivity contribution is 0.231. The molecule has 1 aliphatic rings. The van der Waals surface area contributed by atoms with Gasteiger partial charge in [-0.05, 0) is 33.9 Å². The molecular formula is C14H22FN3O. The van der Waals surface area contributed by atoms with E-state index < -0.39 is 5.82 Å². The van der Waals surface area contributed by atoms with Crippen LogP contribution in [0, 0.1) is 5.82 Å². The van der Waals surface area contributed by atoms with Crippen molar-refractivity contribution in [2.45, 2.75) is 32.4 Å². The number of nitrogens with one attached hydrogen (secondary N) is 1. The standard InChI is InChI=1S/C14H22FN3O/c1-9(2)19-14-7-13(12(16)6-11(14)15)17-10-4-5-18(3)8-10/h6-7,9-10,17H,4-5,8,16H2,1-3H3. The van der Waals surface area contributed by atoms with Crippen LogP contribution in [0.5, 0.6) is 5.75 Å². The summed E-state index contributed by atoms with van der Waals surface area (Å²) in [7, 11) is 2.09. The number of hydrogen-bond acceptors (Lipinski definition) is 4. The van der Waals surface area contributed by atoms with E-state index in [0.717, 1.165) is 25.2 Å². The van der Waals surface area contributed by atoms with E-state index in [1.807, 2.05) is 13.8 Å². The van der Waals surface area contributed by atoms with Gasteiger partial charge in [-0.1, -0.05) is 0 Å². The molecule has 106 valence electrons. The first kappa shape index (κ1) is 13.9. The summed E-state index contributed by atoms with van der Waals surface area (Å²) in [5.41, 5.74) is 7.03. The lowest BCUT2D eigenvalue weighted by Gasteiger charge is -2.18. The van der Waals surface area contributed by atoms with Gasteiger partial charge in [0.05, 0.1) is 17.5 Å². The van der Waals surface area contributed by atoms with Crippen LogP contribution in [-0.4, -0.2) is 37.2 Å². The van der Waals surface area contributed by atoms with E-state index in [1.165, 1.54) is 6.07 Å². The van der Waals surface area contributed by atoms with Crippen molar-refractivity contribution in [3.63, 3.8) is 0 Å². The van der Waals surface area contributed by atoms with Crippen molar-refractivity contribution in [1.82, 2.24) is 4.90 Å². The van der Waals surface area contributed by atoms with Crippen LogP contribution < -0.4 is 15.8 Å². The van der Waals surface area contributed by atoms with Crippen LogP contribution in [0.25, 0.3) is 0 Å². The van der Waals surface area contributed by atoms with Gasteiger partial charge in [0.1, 0.15) is 0 Å². The van der Waals surface area contributed by atoms with Gasteiger partial charge in [-0.15, -0.1) is 0 Å². The first-order valence-corrected chi connectivity index (χ1v) is 6.66. The lowest BCUT2D eigenvalue weighted by atomic mass is 10.2. The number of nitrogen functional groups attached to an aromatic ring is 1. The van der Waals surface area contributed by atoms with Crippen molar-refractivity contribution in [2.24, 2.45) is 0 Å². The SMILES string of the molecule is CC(C)Oc1cc(NC2CCN(C)C2)c(N)cc1F. The van der Waals surface area contributed by atoms with Gasteiger partial charge in [-0.2, -0.15) is 0 Å². The number of likely N-dealkylation sites (tertiary alicyclic amines) is 1. The van der Waals surface area contributed by atoms with Crippen molar-refractivity contribution in [1.29, 1.82) is 0 Å². The summed E-state index contributed by atoms with van der Waals surface area (Å²) in [6.45, 7) is 5.77. The maximum absolute atomic E-state index is 13.7. The minimum atomic E-state index is -0.416. The highest BCUT2D eigenvalue weighted by molar-refractivity contribution is 5.69. The molecule has 1 aromatic carbocycles. The Balaban J connectivity index is 2.15. The number of nitrogens with zero attached hydrogens (tertiary/aromatic N) is 1. The second kappa shape index (κ2) is 5.65. The molecule has 1 atom stereocenters. The Morgan fingerprint density at radius 1 is 1.47 bits per heavy atom. The number of hydrogen-bond donors (Lipinski definition) is 2. The Morgan fingerprint density at radius 2 is 2.21 bits per heavy atom. The maximum Gasteiger partial charge on any atom is 0.167 e. The molecule has 4 nitrogen and oxygen atoms in total. The summed E-state index contributed by atoms with van der Waals surface area (Å²) >= 11 is 0. The molecule has 5 heteroatoms. The summed E-state index contributed by atoms with van der Waals surface area (Å²) < 4.78 is 19.2. The molecule has 0 spiro atoms. The van der Waals surface area contributed by atoms with E-state index in [9.17, 15) is 4.39 Å². The Kier molecular flexibility index (Phi) is 4.14. The van der Waals surface area contributed by atoms with E-state index in [-0.39, 0.29) is 11.9 Å². The number of ether oxygens (including phenoxy) is 1. The van der Waals surface area contributed by atoms with Gasteiger partial charge < -0.3 is 20.7 Å². The number of rotatable bonds is 4. The monoisotopic (exact) mass is 267 g/mol. The fraction of sp³-hybridized carbons (Fsp3) is 0.571. The molecule has 0 aliphatic carbocycles. The molecule has 3 N–H and O–H groups in total. The van der Waals surface area contributed by atoms with Gasteiger partial charge in [0.2, 0.25) is 0 Å². The fourth-order valence-electron chi connectivity index (χ4n) is 2.31. The summed E-state index contributed by atoms with van der Waals surface area (Å²) in [6.07, 6.45) is 0.997. The maximum atomic E-state index is 13.7. The Morgan fingerprint density at radius 3 is 2.79 bits per heavy atom. The molecule has 19 heavy (non-hydrogen) atoms. The minimum Gasteiger partial charge on any atom is -0.488 e. The number of nitrogens with two attached hydrogens (primary N) is 1. The van der Waals surface area contributed by atoms with E-state index in [2.05, 4.69) is 17.3 Å². The molecule has 0 saturated carbocycles. The van der Waals surface area contributed by atoms with Crippen LogP contribution in [-0.2, 0) is 0 Å². The smallest absolute Gasteiger partial charge is 0.167 e. The summed E-state index contributed by atoms with van der Waals surface area (Å²) in [5, 5.41) is 3.37. The molecule has 0 aromatic heterocycles. The summed E-state index contributed by atoms with van der Waals surface area (Å²) in [4.78, 5) is 2.25. The highest BCUT2D eigenvalue weighted by atomic mass is 19.1. The van der Waals surface area contributed by atoms with Crippen LogP contribution in [0.3, 0.4) is 0 Å². The van der Waals surface area contributed by atoms with E-state index >= 15 is 0 Å². The number of likely N-dealkylation sites (N-methyl/N-ethyl adjacent to an activating group) is 1. The zero-order chi connectivity index (χ0) is 14.0. The predicted molar refractivity (Wildman–Crippen MR) is 76.1 cm³/mol. The molecule has 2 rings (SSSR count). The normalized spacial score (nSPS) is 19.9. The summed E-state index contributed by atoms with van der Waals surface area (Å²) in [6, 6.07) is 3.33. The molecule has 0 amide bonds. The van der Waals surface area contributed by atoms with Gasteiger partial charge in [0.15, 0.2) is 11.6 Å². The molecule has 1 heterocycles. The van der Waals surface area contributed by atoms with Crippen molar-refractivity contribution >= 4 is 11.4 Å². The zero-order valence-electron chi connectivity index (χ0n) is 11.7. The van der Waals surface area contributed by atoms with Crippen molar-refractivity contribution in [3.8, 4) is 5.75 Å². The molecule has 1 fully saturated rings. The molecule has 0 radical (unpaired) electrons. The van der Waals surface area contributed by atoms with Crippen LogP contribution in [0.1, 0.15) is 20.3 Å². The minimum absolute atomic E-state index is 0.0661. The van der Waals surface area contributed by atoms with Crippen LogP contribution in [0.15, 0.2) is 12.1 Å². The Hall–Kier alpha value is -1.49. The molecule has 1 unspecified atom stereocenters. The predicted octanol–water partition coefficient (Wildman–Crippen LogP) is 2.31. The largest absolute Gasteiger partial charge is 0.488 e. The third-order valence-electron chi connectivity index (χ3n) is 3.22. The van der Waals surface area contributed by atoms with Crippen molar-refractivity contribution in [2.75, 3.05) is 31.2 Å². The van der Waals surface area contributed by atoms with Gasteiger partial charge in [-0.25, -0.2) is 4.39 Å². The first-order valence-electron chi connectivity index (χ1n) is 6.66. The molecule has 0 bridgehead atoms. The van der Waals surface area contributed by atoms with Crippen molar-refractivity contribution < 1.29 is 9.13 Å². The topological polar surface area (TPSA) is 50.5 Å². The van der Waals surface area contributed by atoms with Gasteiger partial charge in [-0.3, -0.25) is 0 Å². The average molecular weight is 267 g/mol. The number of benzene rings is 1. The lowest BCUT2D eigenvalue weighted by Crippen LogP contribution is -2.24. The van der Waals surface area contributed by atoms with E-state index in [0.29, 0.717) is 11.7 Å². The third-order valence-corrected chi connectivity index (χ3v) is 3.22. The highest BCUT2D eigenvalue weighted by Crippen LogP contribution is 2.30. The molecule has 1 aliphatic heterocycles.